The fourth-order valence-corrected chi connectivity index (χ4v) is 2.68. The van der Waals surface area contributed by atoms with Crippen LogP contribution in [-0.2, 0) is 20.9 Å². The second-order valence-corrected chi connectivity index (χ2v) is 6.30. The first-order valence-electron chi connectivity index (χ1n) is 8.65. The topological polar surface area (TPSA) is 127 Å². The number of nitrogen functional groups attached to an aromatic ring is 1. The van der Waals surface area contributed by atoms with Crippen LogP contribution in [0.5, 0.6) is 5.75 Å². The Morgan fingerprint density at radius 2 is 1.90 bits per heavy atom. The van der Waals surface area contributed by atoms with E-state index in [0.717, 1.165) is 0 Å². The molecule has 0 aliphatic rings. The molecule has 2 N–H and O–H groups in total. The van der Waals surface area contributed by atoms with Crippen LogP contribution in [0.2, 0.25) is 5.02 Å². The number of halogens is 1. The Bertz CT molecular complexity index is 1050. The predicted molar refractivity (Wildman–Crippen MR) is 104 cm³/mol. The highest BCUT2D eigenvalue weighted by molar-refractivity contribution is 6.30. The lowest BCUT2D eigenvalue weighted by atomic mass is 10.2. The fraction of sp³-hybridized carbons (Fsp3) is 0.263. The number of anilines is 1. The van der Waals surface area contributed by atoms with Crippen LogP contribution < -0.4 is 10.5 Å². The van der Waals surface area contributed by atoms with Crippen LogP contribution in [0.15, 0.2) is 28.7 Å². The van der Waals surface area contributed by atoms with Crippen molar-refractivity contribution in [1.29, 1.82) is 0 Å². The van der Waals surface area contributed by atoms with Crippen LogP contribution in [0.4, 0.5) is 5.82 Å². The zero-order valence-electron chi connectivity index (χ0n) is 15.7. The van der Waals surface area contributed by atoms with Crippen LogP contribution >= 0.6 is 11.6 Å². The summed E-state index contributed by atoms with van der Waals surface area (Å²) < 4.78 is 20.9. The number of nitrogens with zero attached hydrogens (tertiary/aromatic N) is 2. The molecule has 10 heteroatoms. The van der Waals surface area contributed by atoms with Gasteiger partial charge in [0.15, 0.2) is 19.0 Å². The molecule has 2 heterocycles. The normalized spacial score (nSPS) is 10.7. The van der Waals surface area contributed by atoms with E-state index in [-0.39, 0.29) is 48.1 Å². The zero-order valence-corrected chi connectivity index (χ0v) is 16.5. The smallest absolute Gasteiger partial charge is 0.344 e. The molecule has 0 unspecified atom stereocenters. The van der Waals surface area contributed by atoms with E-state index in [1.165, 1.54) is 0 Å². The summed E-state index contributed by atoms with van der Waals surface area (Å²) in [7, 11) is 0. The van der Waals surface area contributed by atoms with Crippen molar-refractivity contribution in [3.63, 3.8) is 0 Å². The Morgan fingerprint density at radius 1 is 1.17 bits per heavy atom. The highest BCUT2D eigenvalue weighted by Gasteiger charge is 2.24. The minimum Gasteiger partial charge on any atom is -0.482 e. The number of fused-ring (bicyclic) bond motifs is 1. The average Bonchev–Trinajstić information content (AvgIpc) is 3.02. The quantitative estimate of drug-likeness (QED) is 0.574. The SMILES string of the molecule is CCOC(=O)c1c(C)oc2nc(COC(=O)COc3ccc(Cl)cc3)nc(N)c12. The van der Waals surface area contributed by atoms with Crippen LogP contribution in [-0.4, -0.2) is 35.1 Å². The zero-order chi connectivity index (χ0) is 21.0. The Kier molecular flexibility index (Phi) is 6.18. The third-order valence-electron chi connectivity index (χ3n) is 3.81. The second-order valence-electron chi connectivity index (χ2n) is 5.86. The number of aryl methyl sites for hydroxylation is 1. The van der Waals surface area contributed by atoms with E-state index in [1.54, 1.807) is 38.1 Å². The number of aromatic nitrogens is 2. The molecule has 3 rings (SSSR count). The van der Waals surface area contributed by atoms with Gasteiger partial charge in [0.05, 0.1) is 12.0 Å². The number of benzene rings is 1. The molecule has 0 spiro atoms. The number of furan rings is 1. The molecule has 3 aromatic rings. The van der Waals surface area contributed by atoms with Gasteiger partial charge in [-0.3, -0.25) is 0 Å². The lowest BCUT2D eigenvalue weighted by molar-refractivity contribution is -0.147. The van der Waals surface area contributed by atoms with Crippen LogP contribution in [0, 0.1) is 6.92 Å². The monoisotopic (exact) mass is 419 g/mol. The molecule has 2 aromatic heterocycles. The maximum absolute atomic E-state index is 12.1. The predicted octanol–water partition coefficient (Wildman–Crippen LogP) is 3.07. The van der Waals surface area contributed by atoms with Gasteiger partial charge < -0.3 is 24.4 Å². The van der Waals surface area contributed by atoms with Gasteiger partial charge in [-0.1, -0.05) is 11.6 Å². The van der Waals surface area contributed by atoms with Gasteiger partial charge in [0.2, 0.25) is 5.71 Å². The first-order valence-corrected chi connectivity index (χ1v) is 9.03. The Balaban J connectivity index is 1.66. The number of carbonyl (C=O) groups excluding carboxylic acids is 2. The van der Waals surface area contributed by atoms with E-state index in [4.69, 9.17) is 36.0 Å². The third-order valence-corrected chi connectivity index (χ3v) is 4.07. The standard InChI is InChI=1S/C19H18ClN3O6/c1-3-26-19(25)15-10(2)29-18-16(15)17(21)22-13(23-18)8-28-14(24)9-27-12-6-4-11(20)5-7-12/h4-7H,3,8-9H2,1-2H3,(H2,21,22,23). The molecule has 0 aliphatic heterocycles. The minimum atomic E-state index is -0.620. The second kappa shape index (κ2) is 8.78. The number of hydrogen-bond donors (Lipinski definition) is 1. The molecule has 152 valence electrons. The Morgan fingerprint density at radius 3 is 2.59 bits per heavy atom. The van der Waals surface area contributed by atoms with E-state index >= 15 is 0 Å². The average molecular weight is 420 g/mol. The Hall–Kier alpha value is -3.33. The van der Waals surface area contributed by atoms with Gasteiger partial charge in [0.1, 0.15) is 22.9 Å². The summed E-state index contributed by atoms with van der Waals surface area (Å²) in [4.78, 5) is 32.2. The number of carbonyl (C=O) groups is 2. The molecule has 0 saturated heterocycles. The molecule has 1 aromatic carbocycles. The van der Waals surface area contributed by atoms with Crippen molar-refractivity contribution >= 4 is 40.5 Å². The van der Waals surface area contributed by atoms with E-state index in [1.807, 2.05) is 0 Å². The highest BCUT2D eigenvalue weighted by Crippen LogP contribution is 2.29. The number of esters is 2. The van der Waals surface area contributed by atoms with Gasteiger partial charge in [-0.15, -0.1) is 0 Å². The lowest BCUT2D eigenvalue weighted by Crippen LogP contribution is -2.16. The van der Waals surface area contributed by atoms with Crippen molar-refractivity contribution in [3.05, 3.63) is 46.4 Å². The summed E-state index contributed by atoms with van der Waals surface area (Å²) in [5.41, 5.74) is 6.26. The molecule has 29 heavy (non-hydrogen) atoms. The van der Waals surface area contributed by atoms with Gasteiger partial charge >= 0.3 is 11.9 Å². The highest BCUT2D eigenvalue weighted by atomic mass is 35.5. The molecular formula is C19H18ClN3O6. The molecule has 0 fully saturated rings. The van der Waals surface area contributed by atoms with Crippen LogP contribution in [0.25, 0.3) is 11.1 Å². The first-order chi connectivity index (χ1) is 13.9. The van der Waals surface area contributed by atoms with Crippen molar-refractivity contribution in [2.24, 2.45) is 0 Å². The van der Waals surface area contributed by atoms with Crippen LogP contribution in [0.3, 0.4) is 0 Å². The largest absolute Gasteiger partial charge is 0.482 e. The van der Waals surface area contributed by atoms with Gasteiger partial charge in [-0.2, -0.15) is 4.98 Å². The van der Waals surface area contributed by atoms with E-state index < -0.39 is 11.9 Å². The minimum absolute atomic E-state index is 0.0263. The van der Waals surface area contributed by atoms with Crippen molar-refractivity contribution in [2.45, 2.75) is 20.5 Å². The van der Waals surface area contributed by atoms with Gasteiger partial charge in [-0.25, -0.2) is 14.6 Å². The molecule has 0 amide bonds. The molecule has 0 saturated carbocycles. The van der Waals surface area contributed by atoms with E-state index in [9.17, 15) is 9.59 Å². The number of nitrogens with two attached hydrogens (primary N) is 1. The summed E-state index contributed by atoms with van der Waals surface area (Å²) in [5, 5.41) is 0.825. The maximum Gasteiger partial charge on any atom is 0.344 e. The molecule has 9 nitrogen and oxygen atoms in total. The van der Waals surface area contributed by atoms with Crippen molar-refractivity contribution in [2.75, 3.05) is 18.9 Å². The van der Waals surface area contributed by atoms with E-state index in [2.05, 4.69) is 9.97 Å². The summed E-state index contributed by atoms with van der Waals surface area (Å²) in [5.74, 6) is -0.254. The number of hydrogen-bond acceptors (Lipinski definition) is 9. The van der Waals surface area contributed by atoms with Crippen molar-refractivity contribution in [1.82, 2.24) is 9.97 Å². The summed E-state index contributed by atoms with van der Waals surface area (Å²) >= 11 is 5.79. The van der Waals surface area contributed by atoms with Gasteiger partial charge in [0, 0.05) is 5.02 Å². The molecular weight excluding hydrogens is 402 g/mol. The first kappa shape index (κ1) is 20.4. The maximum atomic E-state index is 12.1. The van der Waals surface area contributed by atoms with Gasteiger partial charge in [-0.05, 0) is 38.1 Å². The Labute approximate surface area is 170 Å². The molecule has 0 bridgehead atoms. The fourth-order valence-electron chi connectivity index (χ4n) is 2.56. The number of ether oxygens (including phenoxy) is 3. The molecule has 0 atom stereocenters. The molecule has 0 radical (unpaired) electrons. The van der Waals surface area contributed by atoms with Crippen LogP contribution in [0.1, 0.15) is 28.9 Å². The third kappa shape index (κ3) is 4.75. The molecule has 0 aliphatic carbocycles. The van der Waals surface area contributed by atoms with E-state index in [0.29, 0.717) is 16.5 Å². The van der Waals surface area contributed by atoms with Gasteiger partial charge in [0.25, 0.3) is 0 Å². The lowest BCUT2D eigenvalue weighted by Gasteiger charge is -2.07. The van der Waals surface area contributed by atoms with Crippen molar-refractivity contribution < 1.29 is 28.2 Å². The summed E-state index contributed by atoms with van der Waals surface area (Å²) in [6, 6.07) is 6.55. The van der Waals surface area contributed by atoms with Crippen molar-refractivity contribution in [3.8, 4) is 5.75 Å². The number of rotatable bonds is 7. The summed E-state index contributed by atoms with van der Waals surface area (Å²) in [6.07, 6.45) is 0. The summed E-state index contributed by atoms with van der Waals surface area (Å²) in [6.45, 7) is 2.96.